The molecule has 1 atom stereocenters. The second-order valence-corrected chi connectivity index (χ2v) is 10.3. The topological polar surface area (TPSA) is 55.2 Å². The Morgan fingerprint density at radius 3 is 2.10 bits per heavy atom. The molecule has 1 unspecified atom stereocenters. The number of unbranched alkanes of at least 4 members (excludes halogenated alkanes) is 1. The number of carbonyl (C=O) groups is 1. The van der Waals surface area contributed by atoms with Gasteiger partial charge in [0.15, 0.2) is 0 Å². The molecular weight excluding hydrogens is 494 g/mol. The molecule has 5 rings (SSSR count). The first-order valence-electron chi connectivity index (χ1n) is 14.0. The molecule has 5 nitrogen and oxygen atoms in total. The molecule has 1 amide bonds. The van der Waals surface area contributed by atoms with Gasteiger partial charge in [-0.2, -0.15) is 0 Å². The Morgan fingerprint density at radius 2 is 1.48 bits per heavy atom. The lowest BCUT2D eigenvalue weighted by Crippen LogP contribution is -2.40. The van der Waals surface area contributed by atoms with Gasteiger partial charge in [-0.1, -0.05) is 98.3 Å². The molecule has 1 heterocycles. The van der Waals surface area contributed by atoms with Crippen LogP contribution in [0.25, 0.3) is 16.6 Å². The molecule has 0 N–H and O–H groups in total. The van der Waals surface area contributed by atoms with E-state index in [2.05, 4.69) is 6.92 Å². The van der Waals surface area contributed by atoms with E-state index in [0.29, 0.717) is 23.3 Å². The zero-order valence-corrected chi connectivity index (χ0v) is 23.3. The zero-order chi connectivity index (χ0) is 28.1. The van der Waals surface area contributed by atoms with Gasteiger partial charge in [0, 0.05) is 6.54 Å². The van der Waals surface area contributed by atoms with Crippen molar-refractivity contribution in [2.45, 2.75) is 45.6 Å². The summed E-state index contributed by atoms with van der Waals surface area (Å²) in [4.78, 5) is 35.5. The van der Waals surface area contributed by atoms with Gasteiger partial charge in [0.25, 0.3) is 5.56 Å². The van der Waals surface area contributed by atoms with E-state index in [-0.39, 0.29) is 11.5 Å². The molecule has 0 fully saturated rings. The van der Waals surface area contributed by atoms with E-state index in [1.807, 2.05) is 128 Å². The first kappa shape index (κ1) is 27.1. The quantitative estimate of drug-likeness (QED) is 0.203. The Balaban J connectivity index is 1.69. The van der Waals surface area contributed by atoms with Crippen LogP contribution in [0, 0.1) is 6.92 Å². The van der Waals surface area contributed by atoms with E-state index in [0.717, 1.165) is 35.2 Å². The summed E-state index contributed by atoms with van der Waals surface area (Å²) in [7, 11) is 0. The van der Waals surface area contributed by atoms with Crippen molar-refractivity contribution < 1.29 is 4.79 Å². The number of amides is 1. The third-order valence-corrected chi connectivity index (χ3v) is 7.45. The van der Waals surface area contributed by atoms with Crippen LogP contribution in [0.15, 0.2) is 114 Å². The predicted octanol–water partition coefficient (Wildman–Crippen LogP) is 7.22. The van der Waals surface area contributed by atoms with Crippen LogP contribution < -0.4 is 5.56 Å². The van der Waals surface area contributed by atoms with Crippen molar-refractivity contribution in [3.8, 4) is 5.69 Å². The Hall–Kier alpha value is -4.51. The predicted molar refractivity (Wildman–Crippen MR) is 162 cm³/mol. The first-order chi connectivity index (χ1) is 19.5. The number of hydrogen-bond acceptors (Lipinski definition) is 3. The summed E-state index contributed by atoms with van der Waals surface area (Å²) in [6, 6.07) is 34.7. The number of aromatic nitrogens is 2. The highest BCUT2D eigenvalue weighted by Crippen LogP contribution is 2.32. The van der Waals surface area contributed by atoms with Crippen LogP contribution in [0.4, 0.5) is 0 Å². The third kappa shape index (κ3) is 5.46. The largest absolute Gasteiger partial charge is 0.332 e. The van der Waals surface area contributed by atoms with Crippen LogP contribution in [-0.4, -0.2) is 26.9 Å². The number of nitrogens with zero attached hydrogens (tertiary/aromatic N) is 3. The van der Waals surface area contributed by atoms with Crippen molar-refractivity contribution >= 4 is 16.8 Å². The van der Waals surface area contributed by atoms with Gasteiger partial charge in [0.1, 0.15) is 5.82 Å². The fourth-order valence-corrected chi connectivity index (χ4v) is 5.34. The summed E-state index contributed by atoms with van der Waals surface area (Å²) in [5.41, 5.74) is 4.16. The second-order valence-electron chi connectivity index (χ2n) is 10.3. The number of hydrogen-bond donors (Lipinski definition) is 0. The Morgan fingerprint density at radius 1 is 0.850 bits per heavy atom. The number of carbonyl (C=O) groups excluding carboxylic acids is 1. The average molecular weight is 530 g/mol. The van der Waals surface area contributed by atoms with Gasteiger partial charge in [-0.15, -0.1) is 0 Å². The first-order valence-corrected chi connectivity index (χ1v) is 14.0. The molecular formula is C35H35N3O2. The molecule has 0 aliphatic rings. The molecule has 4 aromatic carbocycles. The van der Waals surface area contributed by atoms with Crippen molar-refractivity contribution in [2.24, 2.45) is 0 Å². The second kappa shape index (κ2) is 12.1. The van der Waals surface area contributed by atoms with Crippen molar-refractivity contribution in [3.05, 3.63) is 142 Å². The number of para-hydroxylation sites is 1. The van der Waals surface area contributed by atoms with E-state index >= 15 is 0 Å². The van der Waals surface area contributed by atoms with Gasteiger partial charge < -0.3 is 4.90 Å². The fourth-order valence-electron chi connectivity index (χ4n) is 5.34. The summed E-state index contributed by atoms with van der Waals surface area (Å²) in [5, 5.41) is 0.554. The summed E-state index contributed by atoms with van der Waals surface area (Å²) in [6.07, 6.45) is 1.78. The lowest BCUT2D eigenvalue weighted by molar-refractivity contribution is -0.134. The Bertz CT molecular complexity index is 1620. The van der Waals surface area contributed by atoms with Crippen molar-refractivity contribution in [1.82, 2.24) is 14.5 Å². The standard InChI is InChI=1S/C35H35N3O2/c1-4-5-23-37(35(40)32(27-16-8-6-9-17-27)28-18-10-7-11-19-28)26(3)33-36-31-22-13-12-21-30(31)34(39)38(33)29-20-14-15-25(2)24-29/h6-22,24,26,32H,4-5,23H2,1-3H3. The number of benzene rings is 4. The molecule has 1 aromatic heterocycles. The molecule has 0 spiro atoms. The fraction of sp³-hybridized carbons (Fsp3) is 0.229. The van der Waals surface area contributed by atoms with Gasteiger partial charge in [-0.25, -0.2) is 4.98 Å². The maximum Gasteiger partial charge on any atom is 0.266 e. The summed E-state index contributed by atoms with van der Waals surface area (Å²) in [6.45, 7) is 6.68. The lowest BCUT2D eigenvalue weighted by atomic mass is 9.89. The molecule has 0 saturated heterocycles. The number of rotatable bonds is 9. The average Bonchev–Trinajstić information content (AvgIpc) is 2.98. The normalized spacial score (nSPS) is 12.0. The maximum absolute atomic E-state index is 14.6. The molecule has 0 aliphatic heterocycles. The molecule has 0 radical (unpaired) electrons. The van der Waals surface area contributed by atoms with E-state index in [9.17, 15) is 9.59 Å². The molecule has 5 aromatic rings. The van der Waals surface area contributed by atoms with Gasteiger partial charge in [-0.05, 0) is 61.2 Å². The molecule has 0 saturated carbocycles. The minimum atomic E-state index is -0.471. The van der Waals surface area contributed by atoms with E-state index < -0.39 is 12.0 Å². The van der Waals surface area contributed by atoms with Crippen LogP contribution in [-0.2, 0) is 4.79 Å². The van der Waals surface area contributed by atoms with Crippen LogP contribution in [0.3, 0.4) is 0 Å². The third-order valence-electron chi connectivity index (χ3n) is 7.45. The van der Waals surface area contributed by atoms with Gasteiger partial charge in [0.2, 0.25) is 5.91 Å². The van der Waals surface area contributed by atoms with Gasteiger partial charge >= 0.3 is 0 Å². The van der Waals surface area contributed by atoms with Crippen LogP contribution >= 0.6 is 0 Å². The van der Waals surface area contributed by atoms with E-state index in [1.165, 1.54) is 0 Å². The van der Waals surface area contributed by atoms with Crippen molar-refractivity contribution in [1.29, 1.82) is 0 Å². The zero-order valence-electron chi connectivity index (χ0n) is 23.3. The Kier molecular flexibility index (Phi) is 8.20. The van der Waals surface area contributed by atoms with Gasteiger partial charge in [-0.3, -0.25) is 14.2 Å². The summed E-state index contributed by atoms with van der Waals surface area (Å²) >= 11 is 0. The SMILES string of the molecule is CCCCN(C(=O)C(c1ccccc1)c1ccccc1)C(C)c1nc2ccccc2c(=O)n1-c1cccc(C)c1. The minimum Gasteiger partial charge on any atom is -0.332 e. The monoisotopic (exact) mass is 529 g/mol. The molecule has 0 aliphatic carbocycles. The number of aryl methyl sites for hydroxylation is 1. The molecule has 0 bridgehead atoms. The van der Waals surface area contributed by atoms with Crippen LogP contribution in [0.5, 0.6) is 0 Å². The minimum absolute atomic E-state index is 0.00319. The van der Waals surface area contributed by atoms with Crippen LogP contribution in [0.1, 0.15) is 61.2 Å². The number of fused-ring (bicyclic) bond motifs is 1. The molecule has 5 heteroatoms. The smallest absolute Gasteiger partial charge is 0.266 e. The maximum atomic E-state index is 14.6. The Labute approximate surface area is 235 Å². The van der Waals surface area contributed by atoms with Gasteiger partial charge in [0.05, 0.1) is 28.6 Å². The van der Waals surface area contributed by atoms with E-state index in [1.54, 1.807) is 4.57 Å². The van der Waals surface area contributed by atoms with Crippen LogP contribution in [0.2, 0.25) is 0 Å². The van der Waals surface area contributed by atoms with E-state index in [4.69, 9.17) is 4.98 Å². The summed E-state index contributed by atoms with van der Waals surface area (Å²) < 4.78 is 1.69. The molecule has 40 heavy (non-hydrogen) atoms. The highest BCUT2D eigenvalue weighted by atomic mass is 16.2. The lowest BCUT2D eigenvalue weighted by Gasteiger charge is -2.34. The highest BCUT2D eigenvalue weighted by molar-refractivity contribution is 5.87. The van der Waals surface area contributed by atoms with Crippen molar-refractivity contribution in [3.63, 3.8) is 0 Å². The van der Waals surface area contributed by atoms with Crippen molar-refractivity contribution in [2.75, 3.05) is 6.54 Å². The highest BCUT2D eigenvalue weighted by Gasteiger charge is 2.33. The summed E-state index contributed by atoms with van der Waals surface area (Å²) in [5.74, 6) is 0.0801. The molecule has 202 valence electrons.